The molecule has 2 heterocycles. The van der Waals surface area contributed by atoms with Crippen molar-refractivity contribution < 1.29 is 0 Å². The molecule has 74 valence electrons. The summed E-state index contributed by atoms with van der Waals surface area (Å²) in [6.07, 6.45) is 0. The van der Waals surface area contributed by atoms with E-state index in [0.717, 1.165) is 22.9 Å². The Morgan fingerprint density at radius 1 is 1.64 bits per heavy atom. The normalized spacial score (nSPS) is 10.7. The molecule has 0 unspecified atom stereocenters. The molecule has 14 heavy (non-hydrogen) atoms. The lowest BCUT2D eigenvalue weighted by atomic mass is 10.4. The summed E-state index contributed by atoms with van der Waals surface area (Å²) >= 11 is 6.46. The molecule has 0 aliphatic rings. The number of hydrogen-bond acceptors (Lipinski definition) is 4. The quantitative estimate of drug-likeness (QED) is 0.800. The van der Waals surface area contributed by atoms with E-state index < -0.39 is 0 Å². The van der Waals surface area contributed by atoms with Crippen LogP contribution in [0.1, 0.15) is 12.6 Å². The van der Waals surface area contributed by atoms with Crippen LogP contribution in [0.2, 0.25) is 0 Å². The van der Waals surface area contributed by atoms with Gasteiger partial charge in [0.05, 0.1) is 11.4 Å². The van der Waals surface area contributed by atoms with Crippen LogP contribution in [0, 0.1) is 10.9 Å². The van der Waals surface area contributed by atoms with Gasteiger partial charge in [0.25, 0.3) is 0 Å². The number of rotatable bonds is 2. The summed E-state index contributed by atoms with van der Waals surface area (Å²) in [6.45, 7) is 4.87. The summed E-state index contributed by atoms with van der Waals surface area (Å²) in [6, 6.07) is 2.02. The van der Waals surface area contributed by atoms with Gasteiger partial charge in [0.15, 0.2) is 8.96 Å². The van der Waals surface area contributed by atoms with Crippen LogP contribution in [0.15, 0.2) is 6.07 Å². The maximum absolute atomic E-state index is 4.99. The molecule has 4 nitrogen and oxygen atoms in total. The molecule has 0 atom stereocenters. The van der Waals surface area contributed by atoms with Crippen LogP contribution in [0.4, 0.5) is 0 Å². The van der Waals surface area contributed by atoms with Gasteiger partial charge in [-0.25, -0.2) is 0 Å². The van der Waals surface area contributed by atoms with Crippen LogP contribution in [-0.4, -0.2) is 20.0 Å². The van der Waals surface area contributed by atoms with Crippen molar-refractivity contribution in [1.82, 2.24) is 20.0 Å². The molecule has 0 bridgehead atoms. The lowest BCUT2D eigenvalue weighted by molar-refractivity contribution is 0.659. The van der Waals surface area contributed by atoms with E-state index in [1.54, 1.807) is 0 Å². The van der Waals surface area contributed by atoms with Gasteiger partial charge < -0.3 is 0 Å². The second-order valence-electron chi connectivity index (χ2n) is 2.91. The van der Waals surface area contributed by atoms with Gasteiger partial charge in [-0.2, -0.15) is 10.2 Å². The molecule has 6 heteroatoms. The van der Waals surface area contributed by atoms with Crippen molar-refractivity contribution in [2.75, 3.05) is 0 Å². The summed E-state index contributed by atoms with van der Waals surface area (Å²) in [4.78, 5) is 0. The van der Waals surface area contributed by atoms with E-state index in [-0.39, 0.29) is 0 Å². The van der Waals surface area contributed by atoms with Crippen LogP contribution >= 0.6 is 23.6 Å². The average Bonchev–Trinajstić information content (AvgIpc) is 2.71. The first-order valence-electron chi connectivity index (χ1n) is 4.31. The lowest BCUT2D eigenvalue weighted by Crippen LogP contribution is -1.98. The SMILES string of the molecule is CCn1nc(C)cc1-c1n[nH]c(=S)s1. The van der Waals surface area contributed by atoms with Crippen molar-refractivity contribution in [3.05, 3.63) is 15.7 Å². The van der Waals surface area contributed by atoms with E-state index in [2.05, 4.69) is 22.2 Å². The van der Waals surface area contributed by atoms with Gasteiger partial charge in [-0.3, -0.25) is 9.78 Å². The van der Waals surface area contributed by atoms with Gasteiger partial charge in [-0.15, -0.1) is 0 Å². The van der Waals surface area contributed by atoms with Gasteiger partial charge in [0.2, 0.25) is 0 Å². The molecule has 2 aromatic rings. The molecular weight excluding hydrogens is 216 g/mol. The summed E-state index contributed by atoms with van der Waals surface area (Å²) in [7, 11) is 0. The summed E-state index contributed by atoms with van der Waals surface area (Å²) in [5.74, 6) is 0. The molecule has 0 saturated heterocycles. The van der Waals surface area contributed by atoms with E-state index in [4.69, 9.17) is 12.2 Å². The average molecular weight is 226 g/mol. The number of aromatic amines is 1. The number of aryl methyl sites for hydroxylation is 2. The van der Waals surface area contributed by atoms with E-state index >= 15 is 0 Å². The minimum atomic E-state index is 0.696. The highest BCUT2D eigenvalue weighted by Gasteiger charge is 2.09. The van der Waals surface area contributed by atoms with Gasteiger partial charge in [0.1, 0.15) is 0 Å². The zero-order chi connectivity index (χ0) is 10.1. The number of hydrogen-bond donors (Lipinski definition) is 1. The Bertz CT molecular complexity index is 493. The van der Waals surface area contributed by atoms with Crippen molar-refractivity contribution in [3.63, 3.8) is 0 Å². The van der Waals surface area contributed by atoms with Gasteiger partial charge in [-0.1, -0.05) is 11.3 Å². The maximum Gasteiger partial charge on any atom is 0.176 e. The van der Waals surface area contributed by atoms with Gasteiger partial charge in [0, 0.05) is 6.54 Å². The zero-order valence-electron chi connectivity index (χ0n) is 7.94. The predicted molar refractivity (Wildman–Crippen MR) is 58.9 cm³/mol. The van der Waals surface area contributed by atoms with Crippen LogP contribution in [0.3, 0.4) is 0 Å². The Balaban J connectivity index is 2.55. The van der Waals surface area contributed by atoms with Crippen molar-refractivity contribution >= 4 is 23.6 Å². The van der Waals surface area contributed by atoms with Crippen molar-refractivity contribution in [1.29, 1.82) is 0 Å². The second-order valence-corrected chi connectivity index (χ2v) is 4.57. The highest BCUT2D eigenvalue weighted by molar-refractivity contribution is 7.73. The Labute approximate surface area is 90.6 Å². The predicted octanol–water partition coefficient (Wildman–Crippen LogP) is 2.39. The third kappa shape index (κ3) is 1.62. The molecule has 0 saturated carbocycles. The second kappa shape index (κ2) is 3.62. The van der Waals surface area contributed by atoms with Crippen molar-refractivity contribution in [3.8, 4) is 10.7 Å². The van der Waals surface area contributed by atoms with E-state index in [0.29, 0.717) is 3.95 Å². The maximum atomic E-state index is 4.99. The van der Waals surface area contributed by atoms with E-state index in [1.807, 2.05) is 17.7 Å². The smallest absolute Gasteiger partial charge is 0.176 e. The van der Waals surface area contributed by atoms with Gasteiger partial charge in [-0.05, 0) is 32.1 Å². The summed E-state index contributed by atoms with van der Waals surface area (Å²) < 4.78 is 2.62. The molecule has 0 aromatic carbocycles. The monoisotopic (exact) mass is 226 g/mol. The van der Waals surface area contributed by atoms with Gasteiger partial charge >= 0.3 is 0 Å². The fourth-order valence-electron chi connectivity index (χ4n) is 1.30. The Hall–Kier alpha value is -1.01. The first-order chi connectivity index (χ1) is 6.70. The Morgan fingerprint density at radius 2 is 2.43 bits per heavy atom. The first kappa shape index (κ1) is 9.54. The lowest BCUT2D eigenvalue weighted by Gasteiger charge is -1.98. The molecule has 0 aliphatic heterocycles. The van der Waals surface area contributed by atoms with Crippen molar-refractivity contribution in [2.45, 2.75) is 20.4 Å². The Morgan fingerprint density at radius 3 is 3.00 bits per heavy atom. The molecule has 0 spiro atoms. The minimum absolute atomic E-state index is 0.696. The molecule has 0 aliphatic carbocycles. The molecule has 2 aromatic heterocycles. The summed E-state index contributed by atoms with van der Waals surface area (Å²) in [5, 5.41) is 12.2. The molecule has 2 rings (SSSR count). The highest BCUT2D eigenvalue weighted by atomic mass is 32.1. The zero-order valence-corrected chi connectivity index (χ0v) is 9.58. The number of aromatic nitrogens is 4. The molecular formula is C8H10N4S2. The molecule has 0 fully saturated rings. The van der Waals surface area contributed by atoms with Crippen LogP contribution in [0.5, 0.6) is 0 Å². The fraction of sp³-hybridized carbons (Fsp3) is 0.375. The van der Waals surface area contributed by atoms with Crippen LogP contribution in [-0.2, 0) is 6.54 Å². The third-order valence-electron chi connectivity index (χ3n) is 1.86. The highest BCUT2D eigenvalue weighted by Crippen LogP contribution is 2.22. The number of nitrogens with one attached hydrogen (secondary N) is 1. The molecule has 0 amide bonds. The number of H-pyrrole nitrogens is 1. The van der Waals surface area contributed by atoms with E-state index in [1.165, 1.54) is 11.3 Å². The van der Waals surface area contributed by atoms with E-state index in [9.17, 15) is 0 Å². The topological polar surface area (TPSA) is 46.5 Å². The van der Waals surface area contributed by atoms with Crippen molar-refractivity contribution in [2.24, 2.45) is 0 Å². The van der Waals surface area contributed by atoms with Crippen LogP contribution in [0.25, 0.3) is 10.7 Å². The summed E-state index contributed by atoms with van der Waals surface area (Å²) in [5.41, 5.74) is 2.03. The van der Waals surface area contributed by atoms with Crippen LogP contribution < -0.4 is 0 Å². The first-order valence-corrected chi connectivity index (χ1v) is 5.53. The molecule has 1 N–H and O–H groups in total. The largest absolute Gasteiger partial charge is 0.262 e. The Kier molecular flexibility index (Phi) is 2.47. The fourth-order valence-corrected chi connectivity index (χ4v) is 2.21. The third-order valence-corrected chi connectivity index (χ3v) is 2.97. The number of nitrogens with zero attached hydrogens (tertiary/aromatic N) is 3. The molecule has 0 radical (unpaired) electrons. The minimum Gasteiger partial charge on any atom is -0.262 e. The standard InChI is InChI=1S/C8H10N4S2/c1-3-12-6(4-5(2)11-12)7-9-10-8(13)14-7/h4H,3H2,1-2H3,(H,10,13).